The maximum Gasteiger partial charge on any atom is 0.243 e. The van der Waals surface area contributed by atoms with Gasteiger partial charge in [-0.15, -0.1) is 0 Å². The van der Waals surface area contributed by atoms with Crippen LogP contribution in [0.2, 0.25) is 0 Å². The Labute approximate surface area is 110 Å². The zero-order valence-electron chi connectivity index (χ0n) is 9.47. The fraction of sp³-hybridized carbons (Fsp3) is 0.455. The van der Waals surface area contributed by atoms with Crippen molar-refractivity contribution in [3.8, 4) is 0 Å². The SMILES string of the molecule is CC1COCCN1S(=O)(=O)c1cccc(Br)c1. The summed E-state index contributed by atoms with van der Waals surface area (Å²) < 4.78 is 32.3. The average Bonchev–Trinajstić information content (AvgIpc) is 2.29. The van der Waals surface area contributed by atoms with Crippen molar-refractivity contribution in [1.29, 1.82) is 0 Å². The number of benzene rings is 1. The van der Waals surface area contributed by atoms with Gasteiger partial charge < -0.3 is 4.74 Å². The van der Waals surface area contributed by atoms with Gasteiger partial charge in [-0.05, 0) is 25.1 Å². The van der Waals surface area contributed by atoms with Gasteiger partial charge in [-0.3, -0.25) is 0 Å². The van der Waals surface area contributed by atoms with Gasteiger partial charge in [0, 0.05) is 17.1 Å². The van der Waals surface area contributed by atoms with E-state index in [-0.39, 0.29) is 6.04 Å². The monoisotopic (exact) mass is 319 g/mol. The lowest BCUT2D eigenvalue weighted by Gasteiger charge is -2.32. The third-order valence-electron chi connectivity index (χ3n) is 2.71. The second kappa shape index (κ2) is 5.06. The summed E-state index contributed by atoms with van der Waals surface area (Å²) in [6.07, 6.45) is 0. The van der Waals surface area contributed by atoms with Crippen LogP contribution in [-0.2, 0) is 14.8 Å². The Bertz CT molecular complexity index is 503. The van der Waals surface area contributed by atoms with Crippen LogP contribution in [0, 0.1) is 0 Å². The van der Waals surface area contributed by atoms with Crippen LogP contribution in [0.15, 0.2) is 33.6 Å². The van der Waals surface area contributed by atoms with E-state index in [1.54, 1.807) is 18.2 Å². The third kappa shape index (κ3) is 2.70. The number of halogens is 1. The van der Waals surface area contributed by atoms with Crippen LogP contribution in [0.25, 0.3) is 0 Å². The van der Waals surface area contributed by atoms with Crippen LogP contribution in [0.5, 0.6) is 0 Å². The number of hydrogen-bond acceptors (Lipinski definition) is 3. The zero-order chi connectivity index (χ0) is 12.5. The van der Waals surface area contributed by atoms with Gasteiger partial charge in [-0.25, -0.2) is 8.42 Å². The third-order valence-corrected chi connectivity index (χ3v) is 5.21. The van der Waals surface area contributed by atoms with Gasteiger partial charge in [-0.2, -0.15) is 4.31 Å². The predicted molar refractivity (Wildman–Crippen MR) is 68.3 cm³/mol. The quantitative estimate of drug-likeness (QED) is 0.836. The van der Waals surface area contributed by atoms with Crippen molar-refractivity contribution < 1.29 is 13.2 Å². The average molecular weight is 320 g/mol. The largest absolute Gasteiger partial charge is 0.378 e. The van der Waals surface area contributed by atoms with Crippen molar-refractivity contribution in [2.75, 3.05) is 19.8 Å². The molecule has 1 aliphatic rings. The summed E-state index contributed by atoms with van der Waals surface area (Å²) in [4.78, 5) is 0.320. The topological polar surface area (TPSA) is 46.6 Å². The highest BCUT2D eigenvalue weighted by molar-refractivity contribution is 9.10. The zero-order valence-corrected chi connectivity index (χ0v) is 11.9. The molecule has 6 heteroatoms. The minimum absolute atomic E-state index is 0.118. The highest BCUT2D eigenvalue weighted by atomic mass is 79.9. The van der Waals surface area contributed by atoms with E-state index in [9.17, 15) is 8.42 Å². The molecule has 0 aromatic heterocycles. The summed E-state index contributed by atoms with van der Waals surface area (Å²) >= 11 is 3.29. The molecule has 1 aromatic carbocycles. The Morgan fingerprint density at radius 3 is 2.88 bits per heavy atom. The number of ether oxygens (including phenoxy) is 1. The van der Waals surface area contributed by atoms with Crippen LogP contribution >= 0.6 is 15.9 Å². The Morgan fingerprint density at radius 1 is 1.47 bits per heavy atom. The molecule has 0 spiro atoms. The molecule has 2 rings (SSSR count). The van der Waals surface area contributed by atoms with Crippen LogP contribution in [-0.4, -0.2) is 38.5 Å². The van der Waals surface area contributed by atoms with Crippen molar-refractivity contribution in [2.24, 2.45) is 0 Å². The van der Waals surface area contributed by atoms with Crippen molar-refractivity contribution >= 4 is 26.0 Å². The fourth-order valence-corrected chi connectivity index (χ4v) is 4.03. The highest BCUT2D eigenvalue weighted by Gasteiger charge is 2.31. The van der Waals surface area contributed by atoms with Gasteiger partial charge in [0.05, 0.1) is 18.1 Å². The lowest BCUT2D eigenvalue weighted by atomic mass is 10.3. The molecule has 1 aromatic rings. The van der Waals surface area contributed by atoms with Gasteiger partial charge in [-0.1, -0.05) is 22.0 Å². The molecule has 0 aliphatic carbocycles. The first-order valence-electron chi connectivity index (χ1n) is 5.37. The summed E-state index contributed by atoms with van der Waals surface area (Å²) in [5, 5.41) is 0. The fourth-order valence-electron chi connectivity index (χ4n) is 1.83. The standard InChI is InChI=1S/C11H14BrNO3S/c1-9-8-16-6-5-13(9)17(14,15)11-4-2-3-10(12)7-11/h2-4,7,9H,5-6,8H2,1H3. The normalized spacial score (nSPS) is 22.6. The van der Waals surface area contributed by atoms with Crippen LogP contribution in [0.3, 0.4) is 0 Å². The molecule has 0 amide bonds. The molecule has 1 aliphatic heterocycles. The lowest BCUT2D eigenvalue weighted by molar-refractivity contribution is 0.0393. The number of nitrogens with zero attached hydrogens (tertiary/aromatic N) is 1. The molecule has 94 valence electrons. The van der Waals surface area contributed by atoms with Gasteiger partial charge in [0.25, 0.3) is 0 Å². The molecule has 1 saturated heterocycles. The maximum absolute atomic E-state index is 12.4. The number of morpholine rings is 1. The second-order valence-electron chi connectivity index (χ2n) is 4.00. The van der Waals surface area contributed by atoms with E-state index in [4.69, 9.17) is 4.74 Å². The summed E-state index contributed by atoms with van der Waals surface area (Å²) in [6, 6.07) is 6.65. The smallest absolute Gasteiger partial charge is 0.243 e. The molecule has 0 N–H and O–H groups in total. The Balaban J connectivity index is 2.35. The molecule has 0 radical (unpaired) electrons. The predicted octanol–water partition coefficient (Wildman–Crippen LogP) is 1.86. The molecule has 1 heterocycles. The molecule has 1 fully saturated rings. The van der Waals surface area contributed by atoms with Gasteiger partial charge in [0.1, 0.15) is 0 Å². The molecule has 1 unspecified atom stereocenters. The van der Waals surface area contributed by atoms with Gasteiger partial charge in [0.2, 0.25) is 10.0 Å². The first-order chi connectivity index (χ1) is 8.01. The van der Waals surface area contributed by atoms with Crippen LogP contribution in [0.4, 0.5) is 0 Å². The molecular weight excluding hydrogens is 306 g/mol. The minimum atomic E-state index is -3.41. The van der Waals surface area contributed by atoms with Crippen molar-refractivity contribution in [3.63, 3.8) is 0 Å². The van der Waals surface area contributed by atoms with E-state index >= 15 is 0 Å². The Morgan fingerprint density at radius 2 is 2.24 bits per heavy atom. The van der Waals surface area contributed by atoms with E-state index in [0.717, 1.165) is 4.47 Å². The maximum atomic E-state index is 12.4. The Kier molecular flexibility index (Phi) is 3.87. The van der Waals surface area contributed by atoms with E-state index < -0.39 is 10.0 Å². The summed E-state index contributed by atoms with van der Waals surface area (Å²) in [7, 11) is -3.41. The molecule has 4 nitrogen and oxygen atoms in total. The minimum Gasteiger partial charge on any atom is -0.378 e. The van der Waals surface area contributed by atoms with E-state index in [0.29, 0.717) is 24.7 Å². The van der Waals surface area contributed by atoms with Crippen molar-refractivity contribution in [2.45, 2.75) is 17.9 Å². The Hall–Kier alpha value is -0.430. The summed E-state index contributed by atoms with van der Waals surface area (Å²) in [5.74, 6) is 0. The number of sulfonamides is 1. The van der Waals surface area contributed by atoms with Gasteiger partial charge >= 0.3 is 0 Å². The van der Waals surface area contributed by atoms with Crippen LogP contribution < -0.4 is 0 Å². The first-order valence-corrected chi connectivity index (χ1v) is 7.60. The molecule has 0 saturated carbocycles. The van der Waals surface area contributed by atoms with Crippen LogP contribution in [0.1, 0.15) is 6.92 Å². The second-order valence-corrected chi connectivity index (χ2v) is 6.80. The van der Waals surface area contributed by atoms with E-state index in [1.807, 2.05) is 13.0 Å². The lowest BCUT2D eigenvalue weighted by Crippen LogP contribution is -2.46. The summed E-state index contributed by atoms with van der Waals surface area (Å²) in [6.45, 7) is 3.18. The van der Waals surface area contributed by atoms with E-state index in [1.165, 1.54) is 4.31 Å². The first kappa shape index (κ1) is 13.0. The molecule has 1 atom stereocenters. The van der Waals surface area contributed by atoms with Crippen molar-refractivity contribution in [3.05, 3.63) is 28.7 Å². The highest BCUT2D eigenvalue weighted by Crippen LogP contribution is 2.22. The molecule has 0 bridgehead atoms. The van der Waals surface area contributed by atoms with E-state index in [2.05, 4.69) is 15.9 Å². The molecule has 17 heavy (non-hydrogen) atoms. The van der Waals surface area contributed by atoms with Crippen molar-refractivity contribution in [1.82, 2.24) is 4.31 Å². The summed E-state index contributed by atoms with van der Waals surface area (Å²) in [5.41, 5.74) is 0. The number of rotatable bonds is 2. The van der Waals surface area contributed by atoms with Gasteiger partial charge in [0.15, 0.2) is 0 Å². The molecular formula is C11H14BrNO3S. The number of hydrogen-bond donors (Lipinski definition) is 0.